The standard InChI is InChI=1S/C16H11/c1-3-11-7-9-13-5-2-6-14-10-8-12(4-1)15(11)16(13)14/h1-5,7-10H,6H2/q-1. The van der Waals surface area contributed by atoms with Gasteiger partial charge in [0.05, 0.1) is 0 Å². The Morgan fingerprint density at radius 1 is 0.812 bits per heavy atom. The van der Waals surface area contributed by atoms with Crippen LogP contribution in [0.3, 0.4) is 0 Å². The molecule has 1 aliphatic carbocycles. The minimum Gasteiger partial charge on any atom is -0.225 e. The minimum atomic E-state index is 1.07. The summed E-state index contributed by atoms with van der Waals surface area (Å²) >= 11 is 0. The molecule has 3 aromatic carbocycles. The summed E-state index contributed by atoms with van der Waals surface area (Å²) in [6.07, 6.45) is 5.56. The van der Waals surface area contributed by atoms with Crippen LogP contribution in [0.4, 0.5) is 0 Å². The molecule has 0 radical (unpaired) electrons. The van der Waals surface area contributed by atoms with Gasteiger partial charge in [0.1, 0.15) is 0 Å². The van der Waals surface area contributed by atoms with E-state index in [9.17, 15) is 0 Å². The molecule has 0 unspecified atom stereocenters. The lowest BCUT2D eigenvalue weighted by molar-refractivity contribution is 1.22. The van der Waals surface area contributed by atoms with E-state index in [0.29, 0.717) is 0 Å². The molecule has 0 amide bonds. The molecule has 0 atom stereocenters. The zero-order chi connectivity index (χ0) is 10.5. The second kappa shape index (κ2) is 2.79. The zero-order valence-corrected chi connectivity index (χ0v) is 8.90. The van der Waals surface area contributed by atoms with E-state index >= 15 is 0 Å². The Labute approximate surface area is 94.2 Å². The minimum absolute atomic E-state index is 1.07. The first-order valence-corrected chi connectivity index (χ1v) is 5.70. The predicted octanol–water partition coefficient (Wildman–Crippen LogP) is 3.25. The van der Waals surface area contributed by atoms with Crippen molar-refractivity contribution in [3.8, 4) is 0 Å². The van der Waals surface area contributed by atoms with Crippen LogP contribution >= 0.6 is 0 Å². The van der Waals surface area contributed by atoms with Gasteiger partial charge in [-0.25, -0.2) is 12.5 Å². The normalized spacial score (nSPS) is 13.8. The van der Waals surface area contributed by atoms with Gasteiger partial charge in [-0.15, -0.1) is 6.07 Å². The van der Waals surface area contributed by atoms with Gasteiger partial charge in [0.2, 0.25) is 0 Å². The topological polar surface area (TPSA) is 0 Å². The fraction of sp³-hybridized carbons (Fsp3) is 0.0625. The van der Waals surface area contributed by atoms with Crippen LogP contribution in [-0.4, -0.2) is 0 Å². The highest BCUT2D eigenvalue weighted by molar-refractivity contribution is 6.11. The Morgan fingerprint density at radius 2 is 1.62 bits per heavy atom. The number of hydrogen-bond donors (Lipinski definition) is 0. The molecule has 1 aliphatic rings. The summed E-state index contributed by atoms with van der Waals surface area (Å²) in [5, 5.41) is 6.97. The second-order valence-corrected chi connectivity index (χ2v) is 4.44. The summed E-state index contributed by atoms with van der Waals surface area (Å²) in [5.74, 6) is 0. The van der Waals surface area contributed by atoms with Crippen molar-refractivity contribution >= 4 is 27.6 Å². The monoisotopic (exact) mass is 203 g/mol. The van der Waals surface area contributed by atoms with Gasteiger partial charge >= 0.3 is 0 Å². The van der Waals surface area contributed by atoms with Gasteiger partial charge < -0.3 is 0 Å². The molecule has 4 rings (SSSR count). The first-order chi connectivity index (χ1) is 7.93. The molecule has 0 fully saturated rings. The van der Waals surface area contributed by atoms with E-state index in [4.69, 9.17) is 0 Å². The largest absolute Gasteiger partial charge is 0.225 e. The molecule has 0 spiro atoms. The molecule has 76 valence electrons. The molecule has 0 saturated heterocycles. The molecular weight excluding hydrogens is 192 g/mol. The Kier molecular flexibility index (Phi) is 1.44. The Hall–Kier alpha value is -1.95. The summed E-state index contributed by atoms with van der Waals surface area (Å²) in [5.41, 5.74) is 1.46. The van der Waals surface area contributed by atoms with Crippen molar-refractivity contribution in [1.29, 1.82) is 0 Å². The van der Waals surface area contributed by atoms with E-state index in [1.807, 2.05) is 0 Å². The molecule has 0 N–H and O–H groups in total. The van der Waals surface area contributed by atoms with Crippen molar-refractivity contribution in [2.45, 2.75) is 6.42 Å². The van der Waals surface area contributed by atoms with Gasteiger partial charge in [-0.3, -0.25) is 0 Å². The molecule has 0 heteroatoms. The first kappa shape index (κ1) is 8.23. The lowest BCUT2D eigenvalue weighted by Crippen LogP contribution is -2.10. The van der Waals surface area contributed by atoms with Gasteiger partial charge in [0.25, 0.3) is 0 Å². The van der Waals surface area contributed by atoms with Crippen LogP contribution < -0.4 is 5.22 Å². The van der Waals surface area contributed by atoms with Crippen LogP contribution in [0.2, 0.25) is 0 Å². The lowest BCUT2D eigenvalue weighted by Gasteiger charge is -2.20. The third kappa shape index (κ3) is 0.917. The van der Waals surface area contributed by atoms with Crippen molar-refractivity contribution in [1.82, 2.24) is 0 Å². The van der Waals surface area contributed by atoms with Crippen molar-refractivity contribution in [3.63, 3.8) is 0 Å². The van der Waals surface area contributed by atoms with Crippen LogP contribution in [0.5, 0.6) is 0 Å². The Balaban J connectivity index is 2.45. The second-order valence-electron chi connectivity index (χ2n) is 4.44. The van der Waals surface area contributed by atoms with Crippen molar-refractivity contribution in [3.05, 3.63) is 59.7 Å². The molecule has 0 aromatic heterocycles. The SMILES string of the molecule is C1=c2ccc3cccc4ccc(c2c43)C[CH-]1. The average Bonchev–Trinajstić information content (AvgIpc) is 2.36. The average molecular weight is 203 g/mol. The van der Waals surface area contributed by atoms with E-state index in [1.165, 1.54) is 32.3 Å². The summed E-state index contributed by atoms with van der Waals surface area (Å²) in [4.78, 5) is 0. The maximum atomic E-state index is 2.27. The van der Waals surface area contributed by atoms with Crippen LogP contribution in [0.15, 0.2) is 42.5 Å². The van der Waals surface area contributed by atoms with Gasteiger partial charge in [-0.05, 0) is 16.2 Å². The summed E-state index contributed by atoms with van der Waals surface area (Å²) < 4.78 is 0. The van der Waals surface area contributed by atoms with Crippen LogP contribution in [0.1, 0.15) is 5.56 Å². The Bertz CT molecular complexity index is 735. The zero-order valence-electron chi connectivity index (χ0n) is 8.90. The quantitative estimate of drug-likeness (QED) is 0.492. The third-order valence-corrected chi connectivity index (χ3v) is 3.53. The fourth-order valence-corrected chi connectivity index (χ4v) is 2.80. The highest BCUT2D eigenvalue weighted by Gasteiger charge is 2.04. The highest BCUT2D eigenvalue weighted by atomic mass is 14.1. The molecule has 0 nitrogen and oxygen atoms in total. The van der Waals surface area contributed by atoms with Gasteiger partial charge in [-0.2, -0.15) is 5.22 Å². The number of hydrogen-bond acceptors (Lipinski definition) is 0. The van der Waals surface area contributed by atoms with Crippen molar-refractivity contribution < 1.29 is 0 Å². The lowest BCUT2D eigenvalue weighted by atomic mass is 9.90. The summed E-state index contributed by atoms with van der Waals surface area (Å²) in [6.45, 7) is 0. The van der Waals surface area contributed by atoms with E-state index in [0.717, 1.165) is 6.42 Å². The maximum Gasteiger partial charge on any atom is -0.0187 e. The summed E-state index contributed by atoms with van der Waals surface area (Å²) in [7, 11) is 0. The fourth-order valence-electron chi connectivity index (χ4n) is 2.80. The van der Waals surface area contributed by atoms with Crippen LogP contribution in [0.25, 0.3) is 27.6 Å². The summed E-state index contributed by atoms with van der Waals surface area (Å²) in [6, 6.07) is 15.5. The molecule has 0 saturated carbocycles. The smallest absolute Gasteiger partial charge is 0.0187 e. The van der Waals surface area contributed by atoms with E-state index in [1.54, 1.807) is 0 Å². The molecular formula is C16H11-. The third-order valence-electron chi connectivity index (χ3n) is 3.53. The molecule has 0 heterocycles. The molecule has 16 heavy (non-hydrogen) atoms. The predicted molar refractivity (Wildman–Crippen MR) is 69.1 cm³/mol. The van der Waals surface area contributed by atoms with E-state index < -0.39 is 0 Å². The van der Waals surface area contributed by atoms with E-state index in [-0.39, 0.29) is 0 Å². The van der Waals surface area contributed by atoms with Crippen LogP contribution in [-0.2, 0) is 6.42 Å². The van der Waals surface area contributed by atoms with Gasteiger partial charge in [-0.1, -0.05) is 53.8 Å². The molecule has 3 aromatic rings. The Morgan fingerprint density at radius 3 is 2.50 bits per heavy atom. The van der Waals surface area contributed by atoms with Crippen LogP contribution in [0, 0.1) is 6.42 Å². The first-order valence-electron chi connectivity index (χ1n) is 5.70. The maximum absolute atomic E-state index is 2.27. The van der Waals surface area contributed by atoms with Crippen molar-refractivity contribution in [2.24, 2.45) is 0 Å². The van der Waals surface area contributed by atoms with E-state index in [2.05, 4.69) is 55.0 Å². The van der Waals surface area contributed by atoms with Gasteiger partial charge in [0, 0.05) is 0 Å². The number of rotatable bonds is 0. The number of benzene rings is 3. The highest BCUT2D eigenvalue weighted by Crippen LogP contribution is 2.28. The van der Waals surface area contributed by atoms with Gasteiger partial charge in [0.15, 0.2) is 0 Å². The molecule has 0 aliphatic heterocycles. The molecule has 0 bridgehead atoms. The van der Waals surface area contributed by atoms with Crippen molar-refractivity contribution in [2.75, 3.05) is 0 Å².